The molecule has 1 amide bonds. The van der Waals surface area contributed by atoms with Crippen LogP contribution in [0, 0.1) is 0 Å². The minimum atomic E-state index is -0.238. The lowest BCUT2D eigenvalue weighted by molar-refractivity contribution is -0.122. The van der Waals surface area contributed by atoms with Gasteiger partial charge < -0.3 is 10.2 Å². The highest BCUT2D eigenvalue weighted by atomic mass is 16.2. The van der Waals surface area contributed by atoms with Gasteiger partial charge in [-0.1, -0.05) is 43.2 Å². The summed E-state index contributed by atoms with van der Waals surface area (Å²) in [7, 11) is 0. The van der Waals surface area contributed by atoms with E-state index in [1.807, 2.05) is 6.07 Å². The van der Waals surface area contributed by atoms with Gasteiger partial charge in [-0.05, 0) is 24.5 Å². The lowest BCUT2D eigenvalue weighted by Gasteiger charge is -2.35. The number of nitrogens with zero attached hydrogens (tertiary/aromatic N) is 4. The van der Waals surface area contributed by atoms with Gasteiger partial charge >= 0.3 is 0 Å². The van der Waals surface area contributed by atoms with Crippen molar-refractivity contribution in [2.75, 3.05) is 31.1 Å². The molecule has 2 aromatic rings. The fraction of sp³-hybridized carbons (Fsp3) is 0.500. The highest BCUT2D eigenvalue weighted by Crippen LogP contribution is 2.17. The van der Waals surface area contributed by atoms with E-state index in [0.29, 0.717) is 0 Å². The molecule has 1 aliphatic heterocycles. The SMILES string of the molecule is O=C(Cn1nc(N2CCN(Cc3ccccc3)CC2)ccc1=O)NC1CCCC1. The Morgan fingerprint density at radius 1 is 1.00 bits per heavy atom. The van der Waals surface area contributed by atoms with Crippen molar-refractivity contribution in [1.82, 2.24) is 20.0 Å². The van der Waals surface area contributed by atoms with Crippen LogP contribution in [-0.2, 0) is 17.9 Å². The van der Waals surface area contributed by atoms with Gasteiger partial charge in [0.15, 0.2) is 0 Å². The number of piperazine rings is 1. The first-order chi connectivity index (χ1) is 14.2. The molecule has 1 N–H and O–H groups in total. The Morgan fingerprint density at radius 2 is 1.72 bits per heavy atom. The molecule has 0 atom stereocenters. The highest BCUT2D eigenvalue weighted by Gasteiger charge is 2.20. The number of hydrogen-bond donors (Lipinski definition) is 1. The van der Waals surface area contributed by atoms with Gasteiger partial charge in [0.25, 0.3) is 5.56 Å². The number of benzene rings is 1. The van der Waals surface area contributed by atoms with E-state index in [1.165, 1.54) is 16.3 Å². The van der Waals surface area contributed by atoms with Crippen molar-refractivity contribution in [3.05, 3.63) is 58.4 Å². The van der Waals surface area contributed by atoms with E-state index < -0.39 is 0 Å². The second kappa shape index (κ2) is 9.22. The average molecular weight is 396 g/mol. The Bertz CT molecular complexity index is 868. The van der Waals surface area contributed by atoms with Crippen LogP contribution in [0.1, 0.15) is 31.2 Å². The number of nitrogens with one attached hydrogen (secondary N) is 1. The molecule has 0 radical (unpaired) electrons. The van der Waals surface area contributed by atoms with Crippen LogP contribution in [0.5, 0.6) is 0 Å². The van der Waals surface area contributed by atoms with Crippen LogP contribution in [0.3, 0.4) is 0 Å². The van der Waals surface area contributed by atoms with Gasteiger partial charge in [-0.2, -0.15) is 5.10 Å². The fourth-order valence-electron chi connectivity index (χ4n) is 4.18. The Balaban J connectivity index is 1.34. The van der Waals surface area contributed by atoms with Gasteiger partial charge in [0, 0.05) is 44.8 Å². The van der Waals surface area contributed by atoms with E-state index in [4.69, 9.17) is 0 Å². The molecule has 29 heavy (non-hydrogen) atoms. The van der Waals surface area contributed by atoms with E-state index in [2.05, 4.69) is 44.5 Å². The van der Waals surface area contributed by atoms with E-state index in [0.717, 1.165) is 64.2 Å². The first-order valence-electron chi connectivity index (χ1n) is 10.6. The molecule has 1 aromatic heterocycles. The highest BCUT2D eigenvalue weighted by molar-refractivity contribution is 5.76. The maximum Gasteiger partial charge on any atom is 0.267 e. The summed E-state index contributed by atoms with van der Waals surface area (Å²) in [4.78, 5) is 29.1. The van der Waals surface area contributed by atoms with Crippen molar-refractivity contribution < 1.29 is 4.79 Å². The largest absolute Gasteiger partial charge is 0.353 e. The molecule has 1 aromatic carbocycles. The third kappa shape index (κ3) is 5.23. The van der Waals surface area contributed by atoms with Crippen molar-refractivity contribution in [1.29, 1.82) is 0 Å². The lowest BCUT2D eigenvalue weighted by atomic mass is 10.2. The zero-order chi connectivity index (χ0) is 20.1. The van der Waals surface area contributed by atoms with Gasteiger partial charge in [-0.3, -0.25) is 14.5 Å². The molecule has 2 heterocycles. The fourth-order valence-corrected chi connectivity index (χ4v) is 4.18. The van der Waals surface area contributed by atoms with Crippen LogP contribution < -0.4 is 15.8 Å². The molecule has 7 nitrogen and oxygen atoms in total. The van der Waals surface area contributed by atoms with Crippen molar-refractivity contribution in [3.63, 3.8) is 0 Å². The third-order valence-corrected chi connectivity index (χ3v) is 5.81. The van der Waals surface area contributed by atoms with Crippen LogP contribution >= 0.6 is 0 Å². The number of rotatable bonds is 6. The minimum Gasteiger partial charge on any atom is -0.353 e. The average Bonchev–Trinajstić information content (AvgIpc) is 3.24. The van der Waals surface area contributed by atoms with Crippen LogP contribution in [0.25, 0.3) is 0 Å². The molecule has 2 fully saturated rings. The van der Waals surface area contributed by atoms with Crippen LogP contribution in [0.15, 0.2) is 47.3 Å². The van der Waals surface area contributed by atoms with E-state index >= 15 is 0 Å². The van der Waals surface area contributed by atoms with Crippen molar-refractivity contribution in [3.8, 4) is 0 Å². The van der Waals surface area contributed by atoms with Gasteiger partial charge in [0.2, 0.25) is 5.91 Å². The Hall–Kier alpha value is -2.67. The van der Waals surface area contributed by atoms with Crippen LogP contribution in [0.2, 0.25) is 0 Å². The summed E-state index contributed by atoms with van der Waals surface area (Å²) < 4.78 is 1.29. The smallest absolute Gasteiger partial charge is 0.267 e. The number of anilines is 1. The van der Waals surface area contributed by atoms with Crippen LogP contribution in [-0.4, -0.2) is 52.8 Å². The molecule has 1 saturated heterocycles. The Kier molecular flexibility index (Phi) is 6.24. The van der Waals surface area contributed by atoms with E-state index in [-0.39, 0.29) is 24.1 Å². The number of aromatic nitrogens is 2. The molecule has 1 saturated carbocycles. The quantitative estimate of drug-likeness (QED) is 0.805. The summed E-state index contributed by atoms with van der Waals surface area (Å²) >= 11 is 0. The summed E-state index contributed by atoms with van der Waals surface area (Å²) in [6.07, 6.45) is 4.38. The lowest BCUT2D eigenvalue weighted by Crippen LogP contribution is -2.47. The van der Waals surface area contributed by atoms with Gasteiger partial charge in [0.05, 0.1) is 0 Å². The van der Waals surface area contributed by atoms with Gasteiger partial charge in [-0.25, -0.2) is 4.68 Å². The number of hydrogen-bond acceptors (Lipinski definition) is 5. The first kappa shape index (κ1) is 19.6. The maximum atomic E-state index is 12.3. The monoisotopic (exact) mass is 395 g/mol. The molecular weight excluding hydrogens is 366 g/mol. The summed E-state index contributed by atoms with van der Waals surface area (Å²) in [5.74, 6) is 0.633. The van der Waals surface area contributed by atoms with Crippen molar-refractivity contribution >= 4 is 11.7 Å². The number of amides is 1. The number of carbonyl (C=O) groups excluding carboxylic acids is 1. The maximum absolute atomic E-state index is 12.3. The molecule has 4 rings (SSSR count). The molecule has 0 spiro atoms. The molecule has 0 unspecified atom stereocenters. The second-order valence-electron chi connectivity index (χ2n) is 7.99. The zero-order valence-corrected chi connectivity index (χ0v) is 16.8. The molecule has 7 heteroatoms. The molecule has 154 valence electrons. The third-order valence-electron chi connectivity index (χ3n) is 5.81. The summed E-state index contributed by atoms with van der Waals surface area (Å²) in [6, 6.07) is 14.0. The van der Waals surface area contributed by atoms with Crippen LogP contribution in [0.4, 0.5) is 5.82 Å². The zero-order valence-electron chi connectivity index (χ0n) is 16.8. The normalized spacial score (nSPS) is 18.1. The Labute approximate surface area is 171 Å². The Morgan fingerprint density at radius 3 is 2.45 bits per heavy atom. The molecule has 0 bridgehead atoms. The summed E-state index contributed by atoms with van der Waals surface area (Å²) in [5.41, 5.74) is 1.08. The van der Waals surface area contributed by atoms with Crippen molar-refractivity contribution in [2.24, 2.45) is 0 Å². The molecule has 1 aliphatic carbocycles. The summed E-state index contributed by atoms with van der Waals surface area (Å²) in [5, 5.41) is 7.49. The number of carbonyl (C=O) groups is 1. The van der Waals surface area contributed by atoms with Gasteiger partial charge in [0.1, 0.15) is 12.4 Å². The standard InChI is InChI=1S/C22H29N5O2/c28-21(23-19-8-4-5-9-19)17-27-22(29)11-10-20(24-27)26-14-12-25(13-15-26)16-18-6-2-1-3-7-18/h1-3,6-7,10-11,19H,4-5,8-9,12-17H2,(H,23,28). The minimum absolute atomic E-state index is 0.0167. The topological polar surface area (TPSA) is 70.5 Å². The summed E-state index contributed by atoms with van der Waals surface area (Å²) in [6.45, 7) is 4.52. The predicted molar refractivity (Wildman–Crippen MR) is 113 cm³/mol. The van der Waals surface area contributed by atoms with Crippen molar-refractivity contribution in [2.45, 2.75) is 44.8 Å². The first-order valence-corrected chi connectivity index (χ1v) is 10.6. The predicted octanol–water partition coefficient (Wildman–Crippen LogP) is 1.62. The molecule has 2 aliphatic rings. The van der Waals surface area contributed by atoms with E-state index in [1.54, 1.807) is 6.07 Å². The second-order valence-corrected chi connectivity index (χ2v) is 7.99. The van der Waals surface area contributed by atoms with E-state index in [9.17, 15) is 9.59 Å². The van der Waals surface area contributed by atoms with Gasteiger partial charge in [-0.15, -0.1) is 0 Å². The molecular formula is C22H29N5O2.